The SMILES string of the molecule is COc1ccc(S(=O)(=O)Nc2cccc(C)c2)cc1N. The number of anilines is 2. The highest BCUT2D eigenvalue weighted by Gasteiger charge is 2.15. The first kappa shape index (κ1) is 14.2. The van der Waals surface area contributed by atoms with E-state index >= 15 is 0 Å². The fourth-order valence-electron chi connectivity index (χ4n) is 1.80. The molecule has 2 rings (SSSR count). The van der Waals surface area contributed by atoms with E-state index < -0.39 is 10.0 Å². The van der Waals surface area contributed by atoms with Crippen LogP contribution in [-0.2, 0) is 10.0 Å². The monoisotopic (exact) mass is 292 g/mol. The molecule has 2 aromatic carbocycles. The largest absolute Gasteiger partial charge is 0.495 e. The quantitative estimate of drug-likeness (QED) is 0.848. The average molecular weight is 292 g/mol. The number of ether oxygens (including phenoxy) is 1. The van der Waals surface area contributed by atoms with Gasteiger partial charge in [-0.1, -0.05) is 12.1 Å². The highest BCUT2D eigenvalue weighted by Crippen LogP contribution is 2.25. The van der Waals surface area contributed by atoms with Gasteiger partial charge in [-0.05, 0) is 42.8 Å². The summed E-state index contributed by atoms with van der Waals surface area (Å²) in [5.41, 5.74) is 7.49. The standard InChI is InChI=1S/C14H16N2O3S/c1-10-4-3-5-11(8-10)16-20(17,18)12-6-7-14(19-2)13(15)9-12/h3-9,16H,15H2,1-2H3. The molecule has 0 radical (unpaired) electrons. The number of hydrogen-bond donors (Lipinski definition) is 2. The van der Waals surface area contributed by atoms with Gasteiger partial charge >= 0.3 is 0 Å². The summed E-state index contributed by atoms with van der Waals surface area (Å²) < 4.78 is 32.0. The van der Waals surface area contributed by atoms with Crippen LogP contribution in [0.5, 0.6) is 5.75 Å². The van der Waals surface area contributed by atoms with E-state index in [1.54, 1.807) is 18.2 Å². The lowest BCUT2D eigenvalue weighted by atomic mass is 10.2. The second-order valence-corrected chi connectivity index (χ2v) is 6.06. The summed E-state index contributed by atoms with van der Waals surface area (Å²) in [7, 11) is -2.19. The minimum atomic E-state index is -3.66. The minimum Gasteiger partial charge on any atom is -0.495 e. The summed E-state index contributed by atoms with van der Waals surface area (Å²) in [6.45, 7) is 1.89. The third-order valence-electron chi connectivity index (χ3n) is 2.78. The summed E-state index contributed by atoms with van der Waals surface area (Å²) in [4.78, 5) is 0.0947. The number of nitrogens with one attached hydrogen (secondary N) is 1. The van der Waals surface area contributed by atoms with Gasteiger partial charge < -0.3 is 10.5 Å². The summed E-state index contributed by atoms with van der Waals surface area (Å²) in [5.74, 6) is 0.444. The lowest BCUT2D eigenvalue weighted by Crippen LogP contribution is -2.13. The van der Waals surface area contributed by atoms with E-state index in [1.807, 2.05) is 13.0 Å². The number of sulfonamides is 1. The van der Waals surface area contributed by atoms with E-state index in [-0.39, 0.29) is 10.6 Å². The third kappa shape index (κ3) is 3.03. The van der Waals surface area contributed by atoms with Crippen LogP contribution >= 0.6 is 0 Å². The molecule has 5 nitrogen and oxygen atoms in total. The Bertz CT molecular complexity index is 727. The minimum absolute atomic E-state index is 0.0947. The molecule has 0 amide bonds. The van der Waals surface area contributed by atoms with E-state index in [9.17, 15) is 8.42 Å². The van der Waals surface area contributed by atoms with Gasteiger partial charge in [0.15, 0.2) is 0 Å². The maximum Gasteiger partial charge on any atom is 0.261 e. The predicted octanol–water partition coefficient (Wildman–Crippen LogP) is 2.39. The Balaban J connectivity index is 2.33. The van der Waals surface area contributed by atoms with Crippen molar-refractivity contribution in [3.63, 3.8) is 0 Å². The molecule has 0 unspecified atom stereocenters. The van der Waals surface area contributed by atoms with Crippen molar-refractivity contribution in [2.75, 3.05) is 17.6 Å². The Morgan fingerprint density at radius 1 is 1.15 bits per heavy atom. The summed E-state index contributed by atoms with van der Waals surface area (Å²) in [5, 5.41) is 0. The van der Waals surface area contributed by atoms with Crippen molar-refractivity contribution < 1.29 is 13.2 Å². The smallest absolute Gasteiger partial charge is 0.261 e. The van der Waals surface area contributed by atoms with Crippen LogP contribution in [0.2, 0.25) is 0 Å². The van der Waals surface area contributed by atoms with Gasteiger partial charge in [0.2, 0.25) is 0 Å². The van der Waals surface area contributed by atoms with E-state index in [0.717, 1.165) is 5.56 Å². The molecular weight excluding hydrogens is 276 g/mol. The molecule has 0 saturated carbocycles. The van der Waals surface area contributed by atoms with Gasteiger partial charge in [0.1, 0.15) is 5.75 Å². The predicted molar refractivity (Wildman–Crippen MR) is 79.4 cm³/mol. The maximum absolute atomic E-state index is 12.3. The Morgan fingerprint density at radius 3 is 2.50 bits per heavy atom. The summed E-state index contributed by atoms with van der Waals surface area (Å²) in [6.07, 6.45) is 0. The molecule has 3 N–H and O–H groups in total. The van der Waals surface area contributed by atoms with Gasteiger partial charge in [0.25, 0.3) is 10.0 Å². The molecule has 0 aliphatic rings. The Kier molecular flexibility index (Phi) is 3.85. The average Bonchev–Trinajstić information content (AvgIpc) is 2.38. The van der Waals surface area contributed by atoms with Crippen molar-refractivity contribution in [1.82, 2.24) is 0 Å². The molecular formula is C14H16N2O3S. The fourth-order valence-corrected chi connectivity index (χ4v) is 2.89. The molecule has 6 heteroatoms. The van der Waals surface area contributed by atoms with Gasteiger partial charge in [-0.25, -0.2) is 8.42 Å². The molecule has 0 bridgehead atoms. The Morgan fingerprint density at radius 2 is 1.90 bits per heavy atom. The third-order valence-corrected chi connectivity index (χ3v) is 4.16. The zero-order chi connectivity index (χ0) is 14.8. The molecule has 0 aliphatic heterocycles. The van der Waals surface area contributed by atoms with Crippen molar-refractivity contribution in [2.45, 2.75) is 11.8 Å². The molecule has 0 aliphatic carbocycles. The highest BCUT2D eigenvalue weighted by atomic mass is 32.2. The molecule has 2 aromatic rings. The molecule has 0 aromatic heterocycles. The van der Waals surface area contributed by atoms with Gasteiger partial charge in [0, 0.05) is 5.69 Å². The topological polar surface area (TPSA) is 81.4 Å². The van der Waals surface area contributed by atoms with Crippen LogP contribution in [0.4, 0.5) is 11.4 Å². The van der Waals surface area contributed by atoms with E-state index in [1.165, 1.54) is 25.3 Å². The van der Waals surface area contributed by atoms with Gasteiger partial charge in [-0.15, -0.1) is 0 Å². The first-order valence-corrected chi connectivity index (χ1v) is 7.44. The Hall–Kier alpha value is -2.21. The summed E-state index contributed by atoms with van der Waals surface area (Å²) in [6, 6.07) is 11.5. The van der Waals surface area contributed by atoms with Crippen LogP contribution in [0.25, 0.3) is 0 Å². The molecule has 106 valence electrons. The van der Waals surface area contributed by atoms with Crippen molar-refractivity contribution >= 4 is 21.4 Å². The lowest BCUT2D eigenvalue weighted by molar-refractivity contribution is 0.416. The summed E-state index contributed by atoms with van der Waals surface area (Å²) >= 11 is 0. The fraction of sp³-hybridized carbons (Fsp3) is 0.143. The highest BCUT2D eigenvalue weighted by molar-refractivity contribution is 7.92. The molecule has 0 atom stereocenters. The van der Waals surface area contributed by atoms with Crippen molar-refractivity contribution in [2.24, 2.45) is 0 Å². The normalized spacial score (nSPS) is 11.1. The molecule has 0 fully saturated rings. The van der Waals surface area contributed by atoms with Crippen molar-refractivity contribution in [3.05, 3.63) is 48.0 Å². The van der Waals surface area contributed by atoms with Gasteiger partial charge in [-0.3, -0.25) is 4.72 Å². The maximum atomic E-state index is 12.3. The van der Waals surface area contributed by atoms with Gasteiger partial charge in [0.05, 0.1) is 17.7 Å². The number of methoxy groups -OCH3 is 1. The lowest BCUT2D eigenvalue weighted by Gasteiger charge is -2.10. The second-order valence-electron chi connectivity index (χ2n) is 4.38. The number of hydrogen-bond acceptors (Lipinski definition) is 4. The first-order chi connectivity index (χ1) is 9.42. The van der Waals surface area contributed by atoms with E-state index in [0.29, 0.717) is 11.4 Å². The number of nitrogens with two attached hydrogens (primary N) is 1. The number of benzene rings is 2. The second kappa shape index (κ2) is 5.42. The van der Waals surface area contributed by atoms with Crippen LogP contribution in [-0.4, -0.2) is 15.5 Å². The number of aryl methyl sites for hydroxylation is 1. The molecule has 0 heterocycles. The zero-order valence-corrected chi connectivity index (χ0v) is 12.1. The number of rotatable bonds is 4. The van der Waals surface area contributed by atoms with Crippen LogP contribution in [0.1, 0.15) is 5.56 Å². The first-order valence-electron chi connectivity index (χ1n) is 5.95. The Labute approximate surface area is 118 Å². The molecule has 0 spiro atoms. The van der Waals surface area contributed by atoms with Crippen molar-refractivity contribution in [3.8, 4) is 5.75 Å². The van der Waals surface area contributed by atoms with Crippen LogP contribution in [0.15, 0.2) is 47.4 Å². The molecule has 0 saturated heterocycles. The van der Waals surface area contributed by atoms with Gasteiger partial charge in [-0.2, -0.15) is 0 Å². The van der Waals surface area contributed by atoms with E-state index in [2.05, 4.69) is 4.72 Å². The van der Waals surface area contributed by atoms with Crippen molar-refractivity contribution in [1.29, 1.82) is 0 Å². The van der Waals surface area contributed by atoms with Crippen LogP contribution < -0.4 is 15.2 Å². The van der Waals surface area contributed by atoms with Crippen LogP contribution in [0, 0.1) is 6.92 Å². The zero-order valence-electron chi connectivity index (χ0n) is 11.3. The van der Waals surface area contributed by atoms with Crippen LogP contribution in [0.3, 0.4) is 0 Å². The molecule has 20 heavy (non-hydrogen) atoms. The van der Waals surface area contributed by atoms with E-state index in [4.69, 9.17) is 10.5 Å². The number of nitrogen functional groups attached to an aromatic ring is 1.